The van der Waals surface area contributed by atoms with Crippen LogP contribution in [-0.4, -0.2) is 18.0 Å². The zero-order valence-electron chi connectivity index (χ0n) is 30.6. The Bertz CT molecular complexity index is 2270. The van der Waals surface area contributed by atoms with Gasteiger partial charge in [-0.1, -0.05) is 123 Å². The Labute approximate surface area is 322 Å². The minimum absolute atomic E-state index is 0. The molecule has 3 aromatic heterocycles. The van der Waals surface area contributed by atoms with Crippen molar-refractivity contribution in [1.82, 2.24) is 9.97 Å². The first kappa shape index (κ1) is 37.5. The number of fused-ring (bicyclic) bond motifs is 3. The molecule has 3 heterocycles. The largest absolute Gasteiger partial charge is 0.497 e. The first-order valence-electron chi connectivity index (χ1n) is 18.2. The van der Waals surface area contributed by atoms with Gasteiger partial charge in [-0.15, -0.1) is 54.1 Å². The average Bonchev–Trinajstić information content (AvgIpc) is 3.57. The average molecular weight is 881 g/mol. The maximum Gasteiger partial charge on any atom is 0.165 e. The third kappa shape index (κ3) is 7.90. The first-order chi connectivity index (χ1) is 24.7. The molecule has 1 aliphatic rings. The van der Waals surface area contributed by atoms with E-state index in [2.05, 4.69) is 86.1 Å². The van der Waals surface area contributed by atoms with Gasteiger partial charge in [0.05, 0.1) is 13.7 Å². The molecular weight excluding hydrogens is 836 g/mol. The van der Waals surface area contributed by atoms with Crippen molar-refractivity contribution in [2.24, 2.45) is 0 Å². The molecule has 0 atom stereocenters. The van der Waals surface area contributed by atoms with E-state index in [4.69, 9.17) is 4.42 Å². The van der Waals surface area contributed by atoms with Gasteiger partial charge >= 0.3 is 0 Å². The van der Waals surface area contributed by atoms with Crippen LogP contribution in [0.15, 0.2) is 114 Å². The summed E-state index contributed by atoms with van der Waals surface area (Å²) in [6, 6.07) is 38.4. The van der Waals surface area contributed by atoms with Gasteiger partial charge in [0.15, 0.2) is 11.4 Å². The number of aromatic nitrogens is 2. The summed E-state index contributed by atoms with van der Waals surface area (Å²) < 4.78 is 21.0. The standard InChI is InChI=1S/C29H23FNO.C17H22NSi.Ir/c30-25-15-14-22(20-10-5-2-6-11-20)27-24-13-7-12-23(28(24)32-29(25)27)26-18-21(16-17-31-26)19-8-3-1-4-9-19;1-13(2)15-11-16(14-9-7-6-8-10-14)18-12-17(15)19(3,4)5;/h2,5-7,10-11,13-19H,1,3-4,8-9H2;6-9,11-13H,1-5H3;/q2*-1;. The molecule has 1 fully saturated rings. The molecule has 3 nitrogen and oxygen atoms in total. The van der Waals surface area contributed by atoms with E-state index in [1.807, 2.05) is 72.9 Å². The summed E-state index contributed by atoms with van der Waals surface area (Å²) in [6.45, 7) is 11.7. The molecule has 0 unspecified atom stereocenters. The number of hydrogen-bond donors (Lipinski definition) is 0. The van der Waals surface area contributed by atoms with Crippen LogP contribution >= 0.6 is 0 Å². The predicted octanol–water partition coefficient (Wildman–Crippen LogP) is 12.5. The molecule has 1 aliphatic carbocycles. The van der Waals surface area contributed by atoms with Crippen LogP contribution in [0, 0.1) is 17.9 Å². The van der Waals surface area contributed by atoms with Crippen molar-refractivity contribution in [3.63, 3.8) is 0 Å². The summed E-state index contributed by atoms with van der Waals surface area (Å²) in [5, 5.41) is 3.16. The molecule has 8 rings (SSSR count). The number of hydrogen-bond acceptors (Lipinski definition) is 3. The van der Waals surface area contributed by atoms with Crippen molar-refractivity contribution in [3.8, 4) is 33.6 Å². The van der Waals surface area contributed by atoms with Gasteiger partial charge < -0.3 is 14.4 Å². The predicted molar refractivity (Wildman–Crippen MR) is 213 cm³/mol. The molecule has 52 heavy (non-hydrogen) atoms. The molecule has 0 bridgehead atoms. The molecular formula is C46H45FIrN2OSi-2. The van der Waals surface area contributed by atoms with Gasteiger partial charge in [-0.25, -0.2) is 4.39 Å². The second kappa shape index (κ2) is 16.2. The molecule has 6 heteroatoms. The molecule has 0 amide bonds. The summed E-state index contributed by atoms with van der Waals surface area (Å²) in [5.74, 6) is 0.764. The number of furan rings is 1. The Hall–Kier alpha value is -4.22. The number of pyridine rings is 2. The summed E-state index contributed by atoms with van der Waals surface area (Å²) in [5.41, 5.74) is 9.42. The summed E-state index contributed by atoms with van der Waals surface area (Å²) in [7, 11) is -1.34. The van der Waals surface area contributed by atoms with Crippen molar-refractivity contribution in [2.45, 2.75) is 77.4 Å². The number of nitrogens with zero attached hydrogens (tertiary/aromatic N) is 2. The van der Waals surface area contributed by atoms with E-state index >= 15 is 0 Å². The first-order valence-corrected chi connectivity index (χ1v) is 21.7. The zero-order valence-corrected chi connectivity index (χ0v) is 34.0. The van der Waals surface area contributed by atoms with Crippen molar-refractivity contribution >= 4 is 35.2 Å². The van der Waals surface area contributed by atoms with Gasteiger partial charge in [-0.2, -0.15) is 0 Å². The van der Waals surface area contributed by atoms with Crippen LogP contribution in [0.25, 0.3) is 55.6 Å². The molecule has 1 radical (unpaired) electrons. The maximum absolute atomic E-state index is 14.8. The number of benzene rings is 4. The van der Waals surface area contributed by atoms with E-state index in [0.717, 1.165) is 44.4 Å². The van der Waals surface area contributed by atoms with Gasteiger partial charge in [-0.3, -0.25) is 0 Å². The van der Waals surface area contributed by atoms with Crippen LogP contribution in [0.2, 0.25) is 19.6 Å². The molecule has 0 spiro atoms. The van der Waals surface area contributed by atoms with Crippen LogP contribution in [0.1, 0.15) is 68.9 Å². The summed E-state index contributed by atoms with van der Waals surface area (Å²) in [6.07, 6.45) is 10.3. The fraction of sp³-hybridized carbons (Fsp3) is 0.261. The fourth-order valence-corrected chi connectivity index (χ4v) is 9.09. The van der Waals surface area contributed by atoms with Gasteiger partial charge in [0.2, 0.25) is 0 Å². The van der Waals surface area contributed by atoms with Crippen LogP contribution in [0.4, 0.5) is 4.39 Å². The molecule has 0 N–H and O–H groups in total. The van der Waals surface area contributed by atoms with E-state index in [-0.39, 0.29) is 31.5 Å². The second-order valence-corrected chi connectivity index (χ2v) is 20.0. The third-order valence-corrected chi connectivity index (χ3v) is 12.1. The van der Waals surface area contributed by atoms with Gasteiger partial charge in [0.25, 0.3) is 0 Å². The minimum atomic E-state index is -1.34. The van der Waals surface area contributed by atoms with E-state index in [1.54, 1.807) is 0 Å². The van der Waals surface area contributed by atoms with Gasteiger partial charge in [0, 0.05) is 37.9 Å². The number of halogens is 1. The molecule has 267 valence electrons. The monoisotopic (exact) mass is 881 g/mol. The Balaban J connectivity index is 0.000000200. The van der Waals surface area contributed by atoms with E-state index < -0.39 is 8.07 Å². The zero-order chi connectivity index (χ0) is 35.5. The SMILES string of the molecule is CC(C)c1cc(-c2[c-]cccc2)ncc1[Si](C)(C)C.Fc1ccc(-c2ccccc2)c2c1oc1c(-c3cc(C4CCCCC4)ccn3)[c-]ccc12.[Ir]. The molecule has 1 saturated carbocycles. The van der Waals surface area contributed by atoms with E-state index in [1.165, 1.54) is 54.5 Å². The molecule has 0 saturated heterocycles. The van der Waals surface area contributed by atoms with Gasteiger partial charge in [-0.05, 0) is 64.5 Å². The maximum atomic E-state index is 14.8. The summed E-state index contributed by atoms with van der Waals surface area (Å²) in [4.78, 5) is 9.30. The van der Waals surface area contributed by atoms with Crippen LogP contribution in [0.5, 0.6) is 0 Å². The summed E-state index contributed by atoms with van der Waals surface area (Å²) >= 11 is 0. The minimum Gasteiger partial charge on any atom is -0.497 e. The molecule has 0 aliphatic heterocycles. The Kier molecular flexibility index (Phi) is 11.7. The fourth-order valence-electron chi connectivity index (χ4n) is 7.41. The van der Waals surface area contributed by atoms with Gasteiger partial charge in [0.1, 0.15) is 0 Å². The van der Waals surface area contributed by atoms with Crippen LogP contribution in [-0.2, 0) is 20.1 Å². The van der Waals surface area contributed by atoms with Crippen molar-refractivity contribution in [2.75, 3.05) is 0 Å². The Morgan fingerprint density at radius 3 is 2.27 bits per heavy atom. The number of rotatable bonds is 6. The molecule has 4 aromatic carbocycles. The third-order valence-electron chi connectivity index (χ3n) is 10.1. The molecule has 7 aromatic rings. The quantitative estimate of drug-likeness (QED) is 0.123. The van der Waals surface area contributed by atoms with Crippen molar-refractivity contribution in [1.29, 1.82) is 0 Å². The van der Waals surface area contributed by atoms with E-state index in [9.17, 15) is 4.39 Å². The van der Waals surface area contributed by atoms with Crippen LogP contribution in [0.3, 0.4) is 0 Å². The van der Waals surface area contributed by atoms with Crippen molar-refractivity contribution in [3.05, 3.63) is 139 Å². The second-order valence-electron chi connectivity index (χ2n) is 15.0. The normalized spacial score (nSPS) is 13.5. The Morgan fingerprint density at radius 2 is 1.56 bits per heavy atom. The smallest absolute Gasteiger partial charge is 0.165 e. The van der Waals surface area contributed by atoms with Crippen molar-refractivity contribution < 1.29 is 28.9 Å². The topological polar surface area (TPSA) is 38.9 Å². The van der Waals surface area contributed by atoms with E-state index in [0.29, 0.717) is 17.4 Å². The van der Waals surface area contributed by atoms with Crippen LogP contribution < -0.4 is 5.19 Å². The Morgan fingerprint density at radius 1 is 0.788 bits per heavy atom.